The number of nitrogens with one attached hydrogen (secondary N) is 1. The van der Waals surface area contributed by atoms with Crippen molar-refractivity contribution in [3.63, 3.8) is 0 Å². The molecule has 18 heavy (non-hydrogen) atoms. The number of carboxylic acid groups (broad SMARTS) is 1. The summed E-state index contributed by atoms with van der Waals surface area (Å²) in [6, 6.07) is 4.87. The normalized spacial score (nSPS) is 13.2. The third-order valence-corrected chi connectivity index (χ3v) is 3.77. The quantitative estimate of drug-likeness (QED) is 0.819. The Kier molecular flexibility index (Phi) is 4.80. The van der Waals surface area contributed by atoms with Gasteiger partial charge in [-0.2, -0.15) is 0 Å². The van der Waals surface area contributed by atoms with E-state index < -0.39 is 40.0 Å². The van der Waals surface area contributed by atoms with Crippen molar-refractivity contribution in [2.75, 3.05) is 5.75 Å². The van der Waals surface area contributed by atoms with Crippen LogP contribution in [-0.4, -0.2) is 25.2 Å². The molecule has 0 spiro atoms. The van der Waals surface area contributed by atoms with Crippen molar-refractivity contribution in [3.8, 4) is 0 Å². The molecule has 0 aromatic heterocycles. The van der Waals surface area contributed by atoms with Crippen molar-refractivity contribution in [3.05, 3.63) is 35.6 Å². The van der Waals surface area contributed by atoms with Crippen LogP contribution in [0, 0.1) is 5.82 Å². The van der Waals surface area contributed by atoms with E-state index in [1.165, 1.54) is 24.3 Å². The van der Waals surface area contributed by atoms with Crippen LogP contribution in [0.3, 0.4) is 0 Å². The fourth-order valence-electron chi connectivity index (χ4n) is 1.37. The number of rotatable bonds is 6. The monoisotopic (exact) mass is 275 g/mol. The fraction of sp³-hybridized carbons (Fsp3) is 0.364. The average Bonchev–Trinajstić information content (AvgIpc) is 2.27. The van der Waals surface area contributed by atoms with Crippen LogP contribution >= 0.6 is 0 Å². The first-order valence-corrected chi connectivity index (χ1v) is 6.92. The summed E-state index contributed by atoms with van der Waals surface area (Å²) >= 11 is 0. The molecule has 0 unspecified atom stereocenters. The van der Waals surface area contributed by atoms with Gasteiger partial charge < -0.3 is 5.11 Å². The van der Waals surface area contributed by atoms with E-state index in [-0.39, 0.29) is 0 Å². The molecule has 1 atom stereocenters. The second kappa shape index (κ2) is 5.92. The van der Waals surface area contributed by atoms with E-state index in [2.05, 4.69) is 4.72 Å². The summed E-state index contributed by atoms with van der Waals surface area (Å²) in [6.45, 7) is 1.60. The lowest BCUT2D eigenvalue weighted by Crippen LogP contribution is -2.30. The fourth-order valence-corrected chi connectivity index (χ4v) is 2.61. The van der Waals surface area contributed by atoms with Gasteiger partial charge in [0.2, 0.25) is 10.0 Å². The molecule has 0 saturated heterocycles. The number of hydrogen-bond acceptors (Lipinski definition) is 3. The second-order valence-electron chi connectivity index (χ2n) is 3.85. The molecule has 0 saturated carbocycles. The number of aliphatic carboxylic acids is 1. The molecule has 1 aromatic rings. The lowest BCUT2D eigenvalue weighted by atomic mass is 10.1. The van der Waals surface area contributed by atoms with Crippen LogP contribution in [0.1, 0.15) is 24.9 Å². The maximum atomic E-state index is 12.7. The van der Waals surface area contributed by atoms with Gasteiger partial charge in [-0.1, -0.05) is 12.1 Å². The molecule has 5 nitrogen and oxygen atoms in total. The number of halogens is 1. The Morgan fingerprint density at radius 1 is 1.39 bits per heavy atom. The Hall–Kier alpha value is -1.47. The largest absolute Gasteiger partial charge is 0.481 e. The second-order valence-corrected chi connectivity index (χ2v) is 5.73. The first-order valence-electron chi connectivity index (χ1n) is 5.27. The topological polar surface area (TPSA) is 83.5 Å². The van der Waals surface area contributed by atoms with Crippen LogP contribution in [0.2, 0.25) is 0 Å². The molecule has 0 aliphatic carbocycles. The molecule has 0 heterocycles. The predicted octanol–water partition coefficient (Wildman–Crippen LogP) is 1.28. The zero-order valence-corrected chi connectivity index (χ0v) is 10.6. The molecule has 0 amide bonds. The summed E-state index contributed by atoms with van der Waals surface area (Å²) in [7, 11) is -3.66. The minimum atomic E-state index is -3.66. The van der Waals surface area contributed by atoms with Crippen LogP contribution in [0.5, 0.6) is 0 Å². The summed E-state index contributed by atoms with van der Waals surface area (Å²) in [6.07, 6.45) is -0.453. The molecule has 1 rings (SSSR count). The van der Waals surface area contributed by atoms with E-state index in [0.717, 1.165) is 0 Å². The van der Waals surface area contributed by atoms with Gasteiger partial charge in [0.05, 0.1) is 12.2 Å². The standard InChI is InChI=1S/C11H14FNO4S/c1-8(9-2-4-10(12)5-3-9)13-18(16,17)7-6-11(14)15/h2-5,8,13H,6-7H2,1H3,(H,14,15)/t8-/m1/s1. The van der Waals surface area contributed by atoms with E-state index in [9.17, 15) is 17.6 Å². The first-order chi connectivity index (χ1) is 8.30. The van der Waals surface area contributed by atoms with Crippen LogP contribution in [0.15, 0.2) is 24.3 Å². The predicted molar refractivity (Wildman–Crippen MR) is 64.0 cm³/mol. The first kappa shape index (κ1) is 14.6. The molecule has 2 N–H and O–H groups in total. The smallest absolute Gasteiger partial charge is 0.304 e. The van der Waals surface area contributed by atoms with Gasteiger partial charge in [-0.05, 0) is 24.6 Å². The van der Waals surface area contributed by atoms with Crippen LogP contribution < -0.4 is 4.72 Å². The highest BCUT2D eigenvalue weighted by molar-refractivity contribution is 7.89. The third kappa shape index (κ3) is 4.80. The van der Waals surface area contributed by atoms with E-state index in [1.54, 1.807) is 6.92 Å². The lowest BCUT2D eigenvalue weighted by molar-refractivity contribution is -0.136. The van der Waals surface area contributed by atoms with Gasteiger partial charge in [0.1, 0.15) is 5.82 Å². The number of carbonyl (C=O) groups is 1. The number of benzene rings is 1. The highest BCUT2D eigenvalue weighted by Gasteiger charge is 2.17. The summed E-state index contributed by atoms with van der Waals surface area (Å²) in [5.74, 6) is -2.05. The molecular weight excluding hydrogens is 261 g/mol. The van der Waals surface area contributed by atoms with Crippen molar-refractivity contribution in [1.82, 2.24) is 4.72 Å². The average molecular weight is 275 g/mol. The van der Waals surface area contributed by atoms with Crippen LogP contribution in [0.25, 0.3) is 0 Å². The van der Waals surface area contributed by atoms with Crippen molar-refractivity contribution in [2.45, 2.75) is 19.4 Å². The highest BCUT2D eigenvalue weighted by atomic mass is 32.2. The summed E-state index contributed by atoms with van der Waals surface area (Å²) in [5.41, 5.74) is 0.607. The summed E-state index contributed by atoms with van der Waals surface area (Å²) in [4.78, 5) is 10.3. The van der Waals surface area contributed by atoms with Crippen molar-refractivity contribution >= 4 is 16.0 Å². The number of hydrogen-bond donors (Lipinski definition) is 2. The van der Waals surface area contributed by atoms with E-state index >= 15 is 0 Å². The molecule has 0 aliphatic rings. The minimum Gasteiger partial charge on any atom is -0.481 e. The van der Waals surface area contributed by atoms with E-state index in [1.807, 2.05) is 0 Å². The van der Waals surface area contributed by atoms with Gasteiger partial charge in [0.25, 0.3) is 0 Å². The zero-order chi connectivity index (χ0) is 13.8. The Balaban J connectivity index is 2.66. The van der Waals surface area contributed by atoms with Crippen molar-refractivity contribution in [2.24, 2.45) is 0 Å². The maximum absolute atomic E-state index is 12.7. The van der Waals surface area contributed by atoms with Gasteiger partial charge in [-0.25, -0.2) is 17.5 Å². The van der Waals surface area contributed by atoms with Gasteiger partial charge in [0, 0.05) is 6.04 Å². The molecule has 1 aromatic carbocycles. The summed E-state index contributed by atoms with van der Waals surface area (Å²) < 4.78 is 38.1. The summed E-state index contributed by atoms with van der Waals surface area (Å²) in [5, 5.41) is 8.42. The Morgan fingerprint density at radius 3 is 2.44 bits per heavy atom. The molecule has 100 valence electrons. The minimum absolute atomic E-state index is 0.403. The van der Waals surface area contributed by atoms with Crippen LogP contribution in [-0.2, 0) is 14.8 Å². The van der Waals surface area contributed by atoms with Crippen molar-refractivity contribution in [1.29, 1.82) is 0 Å². The van der Waals surface area contributed by atoms with E-state index in [0.29, 0.717) is 5.56 Å². The van der Waals surface area contributed by atoms with Crippen molar-refractivity contribution < 1.29 is 22.7 Å². The zero-order valence-electron chi connectivity index (χ0n) is 9.76. The van der Waals surface area contributed by atoms with Crippen LogP contribution in [0.4, 0.5) is 4.39 Å². The van der Waals surface area contributed by atoms with E-state index in [4.69, 9.17) is 5.11 Å². The Labute approximate surface area is 105 Å². The molecule has 0 fully saturated rings. The molecule has 0 aliphatic heterocycles. The molecule has 0 bridgehead atoms. The van der Waals surface area contributed by atoms with Gasteiger partial charge >= 0.3 is 5.97 Å². The van der Waals surface area contributed by atoms with Gasteiger partial charge in [-0.3, -0.25) is 4.79 Å². The molecule has 7 heteroatoms. The highest BCUT2D eigenvalue weighted by Crippen LogP contribution is 2.14. The molecule has 0 radical (unpaired) electrons. The number of sulfonamides is 1. The maximum Gasteiger partial charge on any atom is 0.304 e. The third-order valence-electron chi connectivity index (χ3n) is 2.31. The van der Waals surface area contributed by atoms with Gasteiger partial charge in [-0.15, -0.1) is 0 Å². The Bertz CT molecular complexity index is 512. The molecular formula is C11H14FNO4S. The Morgan fingerprint density at radius 2 is 1.94 bits per heavy atom. The lowest BCUT2D eigenvalue weighted by Gasteiger charge is -2.14. The number of carboxylic acids is 1. The SMILES string of the molecule is C[C@@H](NS(=O)(=O)CCC(=O)O)c1ccc(F)cc1. The van der Waals surface area contributed by atoms with Gasteiger partial charge in [0.15, 0.2) is 0 Å².